The van der Waals surface area contributed by atoms with Crippen molar-refractivity contribution >= 4 is 42.9 Å². The van der Waals surface area contributed by atoms with Crippen LogP contribution in [0.5, 0.6) is 0 Å². The van der Waals surface area contributed by atoms with E-state index < -0.39 is 20.5 Å². The van der Waals surface area contributed by atoms with Crippen molar-refractivity contribution in [2.24, 2.45) is 4.36 Å². The van der Waals surface area contributed by atoms with E-state index >= 15 is 0 Å². The number of likely N-dealkylation sites (N-methyl/N-ethyl adjacent to an activating group) is 2. The van der Waals surface area contributed by atoms with Gasteiger partial charge in [0.1, 0.15) is 5.82 Å². The molecule has 2 aromatic carbocycles. The van der Waals surface area contributed by atoms with Crippen LogP contribution >= 0.6 is 0 Å². The molecule has 0 radical (unpaired) electrons. The molecule has 0 spiro atoms. The number of rotatable bonds is 7. The molecule has 0 saturated carbocycles. The Morgan fingerprint density at radius 3 is 2.31 bits per heavy atom. The summed E-state index contributed by atoms with van der Waals surface area (Å²) < 4.78 is 51.2. The average Bonchev–Trinajstić information content (AvgIpc) is 2.71. The second-order valence-corrected chi connectivity index (χ2v) is 9.07. The van der Waals surface area contributed by atoms with Crippen LogP contribution in [0, 0.1) is 0 Å². The minimum Gasteiger partial charge on any atom is -0.358 e. The first kappa shape index (κ1) is 20.9. The van der Waals surface area contributed by atoms with Crippen LogP contribution in [-0.4, -0.2) is 53.3 Å². The van der Waals surface area contributed by atoms with E-state index in [0.29, 0.717) is 6.54 Å². The lowest BCUT2D eigenvalue weighted by atomic mass is 10.2. The lowest BCUT2D eigenvalue weighted by molar-refractivity contribution is 0.473. The van der Waals surface area contributed by atoms with Crippen molar-refractivity contribution in [2.45, 2.75) is 4.90 Å². The van der Waals surface area contributed by atoms with Gasteiger partial charge in [-0.25, -0.2) is 13.4 Å². The number of benzene rings is 2. The van der Waals surface area contributed by atoms with Crippen LogP contribution < -0.4 is 4.90 Å². The van der Waals surface area contributed by atoms with Crippen molar-refractivity contribution in [3.8, 4) is 0 Å². The highest BCUT2D eigenvalue weighted by Gasteiger charge is 2.21. The molecule has 3 aromatic rings. The summed E-state index contributed by atoms with van der Waals surface area (Å²) in [6.45, 7) is 0.702. The maximum atomic E-state index is 12.7. The number of aromatic nitrogens is 1. The second-order valence-electron chi connectivity index (χ2n) is 6.41. The van der Waals surface area contributed by atoms with Gasteiger partial charge in [-0.2, -0.15) is 12.7 Å². The molecule has 152 valence electrons. The van der Waals surface area contributed by atoms with Gasteiger partial charge in [0.05, 0.1) is 16.1 Å². The van der Waals surface area contributed by atoms with E-state index in [4.69, 9.17) is 0 Å². The number of sulfonamides is 1. The lowest BCUT2D eigenvalue weighted by Gasteiger charge is -2.23. The van der Waals surface area contributed by atoms with Crippen molar-refractivity contribution in [3.05, 3.63) is 60.7 Å². The van der Waals surface area contributed by atoms with Crippen LogP contribution in [0.1, 0.15) is 0 Å². The summed E-state index contributed by atoms with van der Waals surface area (Å²) >= 11 is 0. The van der Waals surface area contributed by atoms with E-state index in [-0.39, 0.29) is 17.1 Å². The van der Waals surface area contributed by atoms with Gasteiger partial charge in [0, 0.05) is 32.6 Å². The van der Waals surface area contributed by atoms with Crippen molar-refractivity contribution in [2.75, 3.05) is 32.1 Å². The maximum absolute atomic E-state index is 12.7. The molecule has 0 amide bonds. The lowest BCUT2D eigenvalue weighted by Crippen LogP contribution is -2.35. The fourth-order valence-electron chi connectivity index (χ4n) is 2.74. The van der Waals surface area contributed by atoms with E-state index in [1.54, 1.807) is 0 Å². The van der Waals surface area contributed by atoms with Gasteiger partial charge in [0.2, 0.25) is 10.0 Å². The Kier molecular flexibility index (Phi) is 6.26. The molecule has 10 heteroatoms. The van der Waals surface area contributed by atoms with Crippen LogP contribution in [0.2, 0.25) is 0 Å². The molecular weight excluding hydrogens is 412 g/mol. The average molecular weight is 433 g/mol. The summed E-state index contributed by atoms with van der Waals surface area (Å²) in [6, 6.07) is 17.1. The molecule has 0 unspecified atom stereocenters. The predicted octanol–water partition coefficient (Wildman–Crippen LogP) is 2.69. The molecule has 29 heavy (non-hydrogen) atoms. The third-order valence-electron chi connectivity index (χ3n) is 4.45. The SMILES string of the molecule is CN(CCN(C)S(=O)(=O)c1ccc(N=S(=O)=O)cc1)c1ccc2ccccc2n1. The fourth-order valence-corrected chi connectivity index (χ4v) is 4.19. The zero-order valence-electron chi connectivity index (χ0n) is 15.9. The predicted molar refractivity (Wildman–Crippen MR) is 112 cm³/mol. The van der Waals surface area contributed by atoms with Gasteiger partial charge in [0.25, 0.3) is 0 Å². The van der Waals surface area contributed by atoms with E-state index in [0.717, 1.165) is 16.7 Å². The molecule has 0 saturated heterocycles. The molecule has 0 bridgehead atoms. The van der Waals surface area contributed by atoms with E-state index in [1.807, 2.05) is 48.3 Å². The molecule has 0 aliphatic rings. The number of hydrogen-bond donors (Lipinski definition) is 0. The number of anilines is 1. The Balaban J connectivity index is 1.69. The molecule has 0 aliphatic carbocycles. The molecule has 1 heterocycles. The summed E-state index contributed by atoms with van der Waals surface area (Å²) in [6.07, 6.45) is 0. The first-order valence-corrected chi connectivity index (χ1v) is 11.2. The largest absolute Gasteiger partial charge is 0.358 e. The van der Waals surface area contributed by atoms with Crippen LogP contribution in [0.3, 0.4) is 0 Å². The van der Waals surface area contributed by atoms with Crippen molar-refractivity contribution in [1.29, 1.82) is 0 Å². The van der Waals surface area contributed by atoms with Crippen molar-refractivity contribution in [3.63, 3.8) is 0 Å². The van der Waals surface area contributed by atoms with Gasteiger partial charge in [-0.1, -0.05) is 18.2 Å². The van der Waals surface area contributed by atoms with Gasteiger partial charge in [-0.05, 0) is 42.5 Å². The third kappa shape index (κ3) is 4.97. The molecule has 0 aliphatic heterocycles. The van der Waals surface area contributed by atoms with Gasteiger partial charge >= 0.3 is 10.5 Å². The highest BCUT2D eigenvalue weighted by Crippen LogP contribution is 2.20. The summed E-state index contributed by atoms with van der Waals surface area (Å²) in [7, 11) is -2.93. The van der Waals surface area contributed by atoms with Crippen LogP contribution in [0.15, 0.2) is 69.9 Å². The summed E-state index contributed by atoms with van der Waals surface area (Å²) in [5.74, 6) is 0.756. The van der Waals surface area contributed by atoms with Gasteiger partial charge in [0.15, 0.2) is 0 Å². The number of hydrogen-bond acceptors (Lipinski definition) is 7. The first-order valence-electron chi connectivity index (χ1n) is 8.72. The Morgan fingerprint density at radius 2 is 1.62 bits per heavy atom. The number of para-hydroxylation sites is 1. The van der Waals surface area contributed by atoms with Crippen LogP contribution in [0.4, 0.5) is 11.5 Å². The van der Waals surface area contributed by atoms with E-state index in [2.05, 4.69) is 9.35 Å². The Bertz CT molecular complexity index is 1250. The van der Waals surface area contributed by atoms with Gasteiger partial charge in [-0.3, -0.25) is 0 Å². The summed E-state index contributed by atoms with van der Waals surface area (Å²) in [4.78, 5) is 6.57. The minimum atomic E-state index is -3.71. The third-order valence-corrected chi connectivity index (χ3v) is 6.68. The van der Waals surface area contributed by atoms with Gasteiger partial charge in [-0.15, -0.1) is 4.36 Å². The quantitative estimate of drug-likeness (QED) is 0.569. The first-order chi connectivity index (χ1) is 13.8. The highest BCUT2D eigenvalue weighted by molar-refractivity contribution is 7.89. The standard InChI is InChI=1S/C19H20N4O4S2/c1-22(19-12-7-15-5-3-4-6-18(15)20-19)13-14-23(2)29(26,27)17-10-8-16(9-11-17)21-28(24)25/h3-12H,13-14H2,1-2H3. The topological polar surface area (TPSA) is 100 Å². The second kappa shape index (κ2) is 8.68. The Hall–Kier alpha value is -2.82. The smallest absolute Gasteiger partial charge is 0.316 e. The van der Waals surface area contributed by atoms with E-state index in [1.165, 1.54) is 35.6 Å². The normalized spacial score (nSPS) is 11.6. The zero-order valence-corrected chi connectivity index (χ0v) is 17.6. The number of pyridine rings is 1. The van der Waals surface area contributed by atoms with Gasteiger partial charge < -0.3 is 4.90 Å². The maximum Gasteiger partial charge on any atom is 0.316 e. The summed E-state index contributed by atoms with van der Waals surface area (Å²) in [5, 5.41) is 1.04. The minimum absolute atomic E-state index is 0.0714. The number of fused-ring (bicyclic) bond motifs is 1. The monoisotopic (exact) mass is 432 g/mol. The van der Waals surface area contributed by atoms with E-state index in [9.17, 15) is 16.8 Å². The molecule has 0 fully saturated rings. The number of nitrogens with zero attached hydrogens (tertiary/aromatic N) is 4. The Labute approximate surface area is 171 Å². The zero-order chi connectivity index (χ0) is 21.0. The van der Waals surface area contributed by atoms with Crippen LogP contribution in [0.25, 0.3) is 10.9 Å². The molecular formula is C19H20N4O4S2. The van der Waals surface area contributed by atoms with Crippen molar-refractivity contribution < 1.29 is 16.8 Å². The highest BCUT2D eigenvalue weighted by atomic mass is 32.2. The molecule has 1 aromatic heterocycles. The summed E-state index contributed by atoms with van der Waals surface area (Å²) in [5.41, 5.74) is 1.05. The molecule has 0 atom stereocenters. The molecule has 3 rings (SSSR count). The molecule has 8 nitrogen and oxygen atoms in total. The molecule has 0 N–H and O–H groups in total. The fraction of sp³-hybridized carbons (Fsp3) is 0.211. The van der Waals surface area contributed by atoms with Crippen LogP contribution in [-0.2, 0) is 20.5 Å². The van der Waals surface area contributed by atoms with Crippen molar-refractivity contribution in [1.82, 2.24) is 9.29 Å². The Morgan fingerprint density at radius 1 is 0.931 bits per heavy atom.